The molecule has 8 nitrogen and oxygen atoms in total. The summed E-state index contributed by atoms with van der Waals surface area (Å²) >= 11 is 0. The Morgan fingerprint density at radius 1 is 1.13 bits per heavy atom. The first-order chi connectivity index (χ1) is 14.5. The summed E-state index contributed by atoms with van der Waals surface area (Å²) in [6.45, 7) is 6.53. The van der Waals surface area contributed by atoms with Crippen molar-refractivity contribution in [1.29, 1.82) is 0 Å². The van der Waals surface area contributed by atoms with Crippen molar-refractivity contribution in [3.05, 3.63) is 24.3 Å². The van der Waals surface area contributed by atoms with Gasteiger partial charge in [0, 0.05) is 32.4 Å². The molecule has 3 aliphatic rings. The molecule has 3 fully saturated rings. The van der Waals surface area contributed by atoms with Crippen molar-refractivity contribution in [2.24, 2.45) is 5.92 Å². The minimum Gasteiger partial charge on any atom is -0.497 e. The number of amides is 3. The molecule has 4 atom stereocenters. The number of imide groups is 1. The zero-order valence-corrected chi connectivity index (χ0v) is 18.4. The average Bonchev–Trinajstić information content (AvgIpc) is 3.13. The van der Waals surface area contributed by atoms with Gasteiger partial charge in [0.05, 0.1) is 7.11 Å². The van der Waals surface area contributed by atoms with E-state index < -0.39 is 0 Å². The Morgan fingerprint density at radius 3 is 2.53 bits per heavy atom. The fourth-order valence-electron chi connectivity index (χ4n) is 4.92. The molecular formula is C22H33N5O3. The summed E-state index contributed by atoms with van der Waals surface area (Å²) in [6.07, 6.45) is 2.48. The van der Waals surface area contributed by atoms with E-state index in [2.05, 4.69) is 29.0 Å². The van der Waals surface area contributed by atoms with Crippen LogP contribution in [0.15, 0.2) is 24.3 Å². The minimum absolute atomic E-state index is 0.0713. The quantitative estimate of drug-likeness (QED) is 0.718. The molecule has 0 aromatic heterocycles. The zero-order chi connectivity index (χ0) is 21.4. The molecule has 0 spiro atoms. The predicted octanol–water partition coefficient (Wildman–Crippen LogP) is 2.12. The van der Waals surface area contributed by atoms with E-state index in [-0.39, 0.29) is 30.4 Å². The van der Waals surface area contributed by atoms with Crippen LogP contribution < -0.4 is 15.0 Å². The molecule has 1 aromatic rings. The van der Waals surface area contributed by atoms with Crippen molar-refractivity contribution in [1.82, 2.24) is 20.0 Å². The topological polar surface area (TPSA) is 68.4 Å². The number of nitrogens with zero attached hydrogens (tertiary/aromatic N) is 4. The van der Waals surface area contributed by atoms with Crippen LogP contribution in [-0.2, 0) is 4.79 Å². The van der Waals surface area contributed by atoms with Crippen LogP contribution in [0.3, 0.4) is 0 Å². The first-order valence-corrected chi connectivity index (χ1v) is 11.0. The number of carbonyl (C=O) groups is 2. The summed E-state index contributed by atoms with van der Waals surface area (Å²) in [5.41, 5.74) is 1.07. The van der Waals surface area contributed by atoms with Gasteiger partial charge in [0.1, 0.15) is 24.2 Å². The summed E-state index contributed by atoms with van der Waals surface area (Å²) in [7, 11) is 3.46. The first kappa shape index (κ1) is 20.9. The number of unbranched alkanes of at least 4 members (excludes halogenated alkanes) is 2. The van der Waals surface area contributed by atoms with Crippen LogP contribution in [0.4, 0.5) is 10.5 Å². The van der Waals surface area contributed by atoms with Crippen molar-refractivity contribution in [2.45, 2.75) is 51.6 Å². The molecule has 1 N–H and O–H groups in total. The molecule has 8 heteroatoms. The van der Waals surface area contributed by atoms with E-state index in [1.165, 1.54) is 4.90 Å². The first-order valence-electron chi connectivity index (χ1n) is 11.0. The second-order valence-corrected chi connectivity index (χ2v) is 8.67. The number of carbonyl (C=O) groups excluding carboxylic acids is 2. The van der Waals surface area contributed by atoms with E-state index in [0.29, 0.717) is 12.5 Å². The fraction of sp³-hybridized carbons (Fsp3) is 0.636. The Bertz CT molecular complexity index is 785. The van der Waals surface area contributed by atoms with Crippen LogP contribution in [-0.4, -0.2) is 78.9 Å². The molecule has 3 aliphatic heterocycles. The highest BCUT2D eigenvalue weighted by molar-refractivity contribution is 6.00. The molecule has 4 rings (SSSR count). The molecule has 30 heavy (non-hydrogen) atoms. The number of ether oxygens (including phenoxy) is 1. The summed E-state index contributed by atoms with van der Waals surface area (Å²) in [4.78, 5) is 34.0. The third-order valence-electron chi connectivity index (χ3n) is 6.47. The molecule has 3 saturated heterocycles. The maximum atomic E-state index is 13.4. The second kappa shape index (κ2) is 8.43. The Hall–Kier alpha value is -2.32. The molecule has 0 aliphatic carbocycles. The van der Waals surface area contributed by atoms with Crippen molar-refractivity contribution in [3.63, 3.8) is 0 Å². The van der Waals surface area contributed by atoms with Crippen LogP contribution in [0.5, 0.6) is 5.75 Å². The maximum Gasteiger partial charge on any atom is 0.327 e. The van der Waals surface area contributed by atoms with E-state index in [1.807, 2.05) is 24.3 Å². The average molecular weight is 416 g/mol. The number of rotatable bonds is 6. The highest BCUT2D eigenvalue weighted by atomic mass is 16.5. The molecule has 0 saturated carbocycles. The van der Waals surface area contributed by atoms with Gasteiger partial charge < -0.3 is 14.5 Å². The smallest absolute Gasteiger partial charge is 0.327 e. The molecule has 3 heterocycles. The van der Waals surface area contributed by atoms with Gasteiger partial charge in [-0.25, -0.2) is 4.79 Å². The molecule has 0 radical (unpaired) electrons. The zero-order valence-electron chi connectivity index (χ0n) is 18.4. The number of methoxy groups -OCH3 is 1. The van der Waals surface area contributed by atoms with Crippen LogP contribution in [0, 0.1) is 5.92 Å². The lowest BCUT2D eigenvalue weighted by Crippen LogP contribution is -2.66. The van der Waals surface area contributed by atoms with E-state index in [4.69, 9.17) is 4.74 Å². The highest BCUT2D eigenvalue weighted by Gasteiger charge is 2.56. The van der Waals surface area contributed by atoms with E-state index >= 15 is 0 Å². The lowest BCUT2D eigenvalue weighted by atomic mass is 10.0. The number of likely N-dealkylation sites (N-methyl/N-ethyl adjacent to an activating group) is 1. The number of benzene rings is 1. The molecule has 3 amide bonds. The number of urea groups is 1. The van der Waals surface area contributed by atoms with Gasteiger partial charge in [-0.15, -0.1) is 0 Å². The number of fused-ring (bicyclic) bond motifs is 3. The second-order valence-electron chi connectivity index (χ2n) is 8.67. The summed E-state index contributed by atoms with van der Waals surface area (Å²) in [5.74, 6) is 1.14. The predicted molar refractivity (Wildman–Crippen MR) is 115 cm³/mol. The molecule has 1 aromatic carbocycles. The lowest BCUT2D eigenvalue weighted by molar-refractivity contribution is -0.138. The fourth-order valence-corrected chi connectivity index (χ4v) is 4.92. The van der Waals surface area contributed by atoms with Gasteiger partial charge >= 0.3 is 6.03 Å². The van der Waals surface area contributed by atoms with Gasteiger partial charge in [0.2, 0.25) is 0 Å². The van der Waals surface area contributed by atoms with Gasteiger partial charge in [-0.3, -0.25) is 19.9 Å². The molecule has 4 unspecified atom stereocenters. The van der Waals surface area contributed by atoms with Gasteiger partial charge in [0.25, 0.3) is 5.91 Å². The van der Waals surface area contributed by atoms with Gasteiger partial charge in [0.15, 0.2) is 0 Å². The standard InChI is InChI=1S/C22H33N5O3/c1-5-6-7-12-25-20(28)18-19(24(3)22(25)29)23-21-26(13-15(2)14-27(18)21)16-8-10-17(30-4)11-9-16/h8-11,15,18-19,21,23H,5-7,12-14H2,1-4H3. The number of hydrogen-bond donors (Lipinski definition) is 1. The number of anilines is 1. The summed E-state index contributed by atoms with van der Waals surface area (Å²) in [6, 6.07) is 7.45. The Kier molecular flexibility index (Phi) is 5.88. The van der Waals surface area contributed by atoms with E-state index in [0.717, 1.165) is 43.8 Å². The Balaban J connectivity index is 1.60. The van der Waals surface area contributed by atoms with Gasteiger partial charge in [-0.1, -0.05) is 26.7 Å². The molecule has 164 valence electrons. The minimum atomic E-state index is -0.358. The SMILES string of the molecule is CCCCCN1C(=O)C2C(NC3N(c4ccc(OC)cc4)CC(C)CN23)N(C)C1=O. The monoisotopic (exact) mass is 415 g/mol. The normalized spacial score (nSPS) is 29.3. The third kappa shape index (κ3) is 3.52. The van der Waals surface area contributed by atoms with Crippen LogP contribution in [0.2, 0.25) is 0 Å². The largest absolute Gasteiger partial charge is 0.497 e. The van der Waals surface area contributed by atoms with Crippen molar-refractivity contribution in [3.8, 4) is 5.75 Å². The molecular weight excluding hydrogens is 382 g/mol. The number of nitrogens with one attached hydrogen (secondary N) is 1. The van der Waals surface area contributed by atoms with Gasteiger partial charge in [-0.2, -0.15) is 0 Å². The van der Waals surface area contributed by atoms with Crippen molar-refractivity contribution in [2.75, 3.05) is 38.7 Å². The highest BCUT2D eigenvalue weighted by Crippen LogP contribution is 2.35. The Morgan fingerprint density at radius 2 is 1.87 bits per heavy atom. The van der Waals surface area contributed by atoms with E-state index in [1.54, 1.807) is 19.1 Å². The maximum absolute atomic E-state index is 13.4. The Labute approximate surface area is 178 Å². The lowest BCUT2D eigenvalue weighted by Gasteiger charge is -2.46. The number of hydrogen-bond acceptors (Lipinski definition) is 6. The van der Waals surface area contributed by atoms with Crippen LogP contribution in [0.25, 0.3) is 0 Å². The summed E-state index contributed by atoms with van der Waals surface area (Å²) < 4.78 is 5.29. The molecule has 0 bridgehead atoms. The van der Waals surface area contributed by atoms with Crippen LogP contribution in [0.1, 0.15) is 33.1 Å². The van der Waals surface area contributed by atoms with Crippen molar-refractivity contribution < 1.29 is 14.3 Å². The van der Waals surface area contributed by atoms with Crippen LogP contribution >= 0.6 is 0 Å². The third-order valence-corrected chi connectivity index (χ3v) is 6.47. The van der Waals surface area contributed by atoms with E-state index in [9.17, 15) is 9.59 Å². The van der Waals surface area contributed by atoms with Gasteiger partial charge in [-0.05, 0) is 36.6 Å². The summed E-state index contributed by atoms with van der Waals surface area (Å²) in [5, 5.41) is 3.57. The van der Waals surface area contributed by atoms with Crippen molar-refractivity contribution >= 4 is 17.6 Å².